The van der Waals surface area contributed by atoms with Gasteiger partial charge in [-0.1, -0.05) is 12.1 Å². The zero-order valence-corrected chi connectivity index (χ0v) is 20.5. The number of alkyl halides is 3. The maximum absolute atomic E-state index is 13.7. The number of halogens is 3. The van der Waals surface area contributed by atoms with Crippen LogP contribution in [0.2, 0.25) is 0 Å². The van der Waals surface area contributed by atoms with Crippen LogP contribution in [0.5, 0.6) is 0 Å². The van der Waals surface area contributed by atoms with E-state index in [1.807, 2.05) is 30.0 Å². The van der Waals surface area contributed by atoms with Crippen LogP contribution < -0.4 is 5.32 Å². The molecule has 2 aliphatic heterocycles. The van der Waals surface area contributed by atoms with Crippen LogP contribution in [0.3, 0.4) is 0 Å². The van der Waals surface area contributed by atoms with E-state index in [2.05, 4.69) is 20.4 Å². The number of imidazole rings is 1. The van der Waals surface area contributed by atoms with Crippen LogP contribution in [0.1, 0.15) is 32.9 Å². The zero-order valence-electron chi connectivity index (χ0n) is 20.5. The Kier molecular flexibility index (Phi) is 5.50. The summed E-state index contributed by atoms with van der Waals surface area (Å²) < 4.78 is 43.6. The lowest BCUT2D eigenvalue weighted by atomic mass is 9.74. The van der Waals surface area contributed by atoms with Crippen LogP contribution >= 0.6 is 0 Å². The van der Waals surface area contributed by atoms with Gasteiger partial charge in [-0.2, -0.15) is 23.5 Å². The van der Waals surface area contributed by atoms with Gasteiger partial charge in [0.05, 0.1) is 29.2 Å². The third-order valence-corrected chi connectivity index (χ3v) is 7.27. The Balaban J connectivity index is 1.27. The highest BCUT2D eigenvalue weighted by Crippen LogP contribution is 2.37. The molecule has 194 valence electrons. The Morgan fingerprint density at radius 1 is 1.24 bits per heavy atom. The molecule has 6 rings (SSSR count). The molecule has 1 aromatic carbocycles. The molecule has 0 radical (unpaired) electrons. The number of nitrogens with one attached hydrogen (secondary N) is 1. The number of aromatic nitrogens is 5. The number of rotatable bonds is 5. The normalized spacial score (nSPS) is 16.3. The fourth-order valence-electron chi connectivity index (χ4n) is 5.32. The molecule has 12 heteroatoms. The van der Waals surface area contributed by atoms with Crippen molar-refractivity contribution >= 4 is 11.6 Å². The number of carbonyl (C=O) groups excluding carboxylic acids is 1. The summed E-state index contributed by atoms with van der Waals surface area (Å²) in [7, 11) is 0. The second-order valence-electron chi connectivity index (χ2n) is 10.0. The van der Waals surface area contributed by atoms with Gasteiger partial charge in [-0.15, -0.1) is 0 Å². The Hall–Kier alpha value is -4.24. The Bertz CT molecular complexity index is 1600. The van der Waals surface area contributed by atoms with Crippen molar-refractivity contribution in [2.75, 3.05) is 26.2 Å². The number of likely N-dealkylation sites (tertiary alicyclic amines) is 1. The highest BCUT2D eigenvalue weighted by atomic mass is 19.4. The van der Waals surface area contributed by atoms with Crippen molar-refractivity contribution in [2.24, 2.45) is 5.41 Å². The molecule has 1 spiro atoms. The Morgan fingerprint density at radius 2 is 2.03 bits per heavy atom. The largest absolute Gasteiger partial charge is 0.435 e. The summed E-state index contributed by atoms with van der Waals surface area (Å²) in [5.41, 5.74) is 2.64. The molecule has 1 N–H and O–H groups in total. The molecule has 9 nitrogen and oxygen atoms in total. The zero-order chi connectivity index (χ0) is 26.7. The highest BCUT2D eigenvalue weighted by Gasteiger charge is 2.49. The molecule has 2 saturated heterocycles. The molecule has 0 atom stereocenters. The summed E-state index contributed by atoms with van der Waals surface area (Å²) in [6, 6.07) is 7.45. The fraction of sp³-hybridized carbons (Fsp3) is 0.346. The van der Waals surface area contributed by atoms with Crippen molar-refractivity contribution in [3.05, 3.63) is 71.1 Å². The van der Waals surface area contributed by atoms with Crippen LogP contribution in [0.15, 0.2) is 43.0 Å². The van der Waals surface area contributed by atoms with Gasteiger partial charge < -0.3 is 10.2 Å². The van der Waals surface area contributed by atoms with E-state index in [-0.39, 0.29) is 29.1 Å². The SMILES string of the molecule is Cc1cc(Cc2nccn3c(-c4cn(CC#N)nc4C(F)(F)F)cnc23)ccc1C(=O)N1CC2(CNC2)C1. The highest BCUT2D eigenvalue weighted by molar-refractivity contribution is 5.96. The lowest BCUT2D eigenvalue weighted by Crippen LogP contribution is -2.71. The predicted molar refractivity (Wildman–Crippen MR) is 130 cm³/mol. The Labute approximate surface area is 215 Å². The number of hydrogen-bond donors (Lipinski definition) is 1. The van der Waals surface area contributed by atoms with Crippen LogP contribution in [0.25, 0.3) is 16.9 Å². The van der Waals surface area contributed by atoms with Crippen LogP contribution in [-0.4, -0.2) is 61.1 Å². The number of carbonyl (C=O) groups is 1. The maximum Gasteiger partial charge on any atom is 0.435 e. The second-order valence-corrected chi connectivity index (χ2v) is 10.0. The molecular formula is C26H23F3N8O. The summed E-state index contributed by atoms with van der Waals surface area (Å²) in [6.07, 6.45) is 1.31. The number of benzene rings is 1. The van der Waals surface area contributed by atoms with Gasteiger partial charge in [0.2, 0.25) is 0 Å². The van der Waals surface area contributed by atoms with Gasteiger partial charge in [0.25, 0.3) is 5.91 Å². The van der Waals surface area contributed by atoms with Gasteiger partial charge in [0.15, 0.2) is 11.3 Å². The van der Waals surface area contributed by atoms with Crippen molar-refractivity contribution in [3.63, 3.8) is 0 Å². The molecule has 4 aromatic rings. The molecule has 38 heavy (non-hydrogen) atoms. The van der Waals surface area contributed by atoms with Crippen molar-refractivity contribution in [1.82, 2.24) is 34.4 Å². The minimum absolute atomic E-state index is 0.0297. The van der Waals surface area contributed by atoms with Gasteiger partial charge >= 0.3 is 6.18 Å². The van der Waals surface area contributed by atoms with E-state index in [4.69, 9.17) is 5.26 Å². The first-order chi connectivity index (χ1) is 18.2. The molecule has 2 fully saturated rings. The monoisotopic (exact) mass is 520 g/mol. The summed E-state index contributed by atoms with van der Waals surface area (Å²) in [6.45, 7) is 5.07. The standard InChI is InChI=1S/C26H23F3N8O/c1-16-8-17(2-3-18(16)24(38)35-14-25(15-35)12-31-13-25)9-20-23-33-10-21(37(23)7-5-32-20)19-11-36(6-4-30)34-22(19)26(27,28)29/h2-3,5,7-8,10-11,31H,6,9,12-15H2,1H3. The van der Waals surface area contributed by atoms with Crippen LogP contribution in [-0.2, 0) is 19.1 Å². The van der Waals surface area contributed by atoms with E-state index in [9.17, 15) is 18.0 Å². The van der Waals surface area contributed by atoms with Crippen molar-refractivity contribution in [1.29, 1.82) is 5.26 Å². The number of fused-ring (bicyclic) bond motifs is 1. The van der Waals surface area contributed by atoms with Gasteiger partial charge in [-0.25, -0.2) is 4.98 Å². The van der Waals surface area contributed by atoms with E-state index < -0.39 is 11.9 Å². The quantitative estimate of drug-likeness (QED) is 0.434. The van der Waals surface area contributed by atoms with Crippen molar-refractivity contribution in [3.8, 4) is 17.3 Å². The summed E-state index contributed by atoms with van der Waals surface area (Å²) in [5.74, 6) is 0.0297. The molecule has 0 aliphatic carbocycles. The van der Waals surface area contributed by atoms with Gasteiger partial charge in [-0.05, 0) is 24.1 Å². The molecule has 5 heterocycles. The molecular weight excluding hydrogens is 497 g/mol. The first-order valence-corrected chi connectivity index (χ1v) is 12.1. The van der Waals surface area contributed by atoms with Gasteiger partial charge in [0.1, 0.15) is 6.54 Å². The van der Waals surface area contributed by atoms with E-state index >= 15 is 0 Å². The number of hydrogen-bond acceptors (Lipinski definition) is 6. The molecule has 2 aliphatic rings. The second kappa shape index (κ2) is 8.66. The third-order valence-electron chi connectivity index (χ3n) is 7.27. The smallest absolute Gasteiger partial charge is 0.337 e. The minimum atomic E-state index is -4.70. The average molecular weight is 521 g/mol. The fourth-order valence-corrected chi connectivity index (χ4v) is 5.32. The average Bonchev–Trinajstić information content (AvgIpc) is 3.42. The van der Waals surface area contributed by atoms with Crippen molar-refractivity contribution in [2.45, 2.75) is 26.1 Å². The number of aryl methyl sites for hydroxylation is 1. The lowest BCUT2D eigenvalue weighted by Gasteiger charge is -2.56. The minimum Gasteiger partial charge on any atom is -0.337 e. The van der Waals surface area contributed by atoms with Gasteiger partial charge in [0, 0.05) is 62.2 Å². The Morgan fingerprint density at radius 3 is 2.68 bits per heavy atom. The number of amides is 1. The third kappa shape index (κ3) is 3.99. The molecule has 0 unspecified atom stereocenters. The first-order valence-electron chi connectivity index (χ1n) is 12.1. The molecule has 3 aromatic heterocycles. The summed E-state index contributed by atoms with van der Waals surface area (Å²) in [4.78, 5) is 23.7. The lowest BCUT2D eigenvalue weighted by molar-refractivity contribution is -0.141. The van der Waals surface area contributed by atoms with Crippen LogP contribution in [0, 0.1) is 23.7 Å². The van der Waals surface area contributed by atoms with E-state index in [0.717, 1.165) is 42.0 Å². The maximum atomic E-state index is 13.7. The number of nitrogens with zero attached hydrogens (tertiary/aromatic N) is 7. The van der Waals surface area contributed by atoms with Gasteiger partial charge in [-0.3, -0.25) is 18.9 Å². The van der Waals surface area contributed by atoms with E-state index in [1.165, 1.54) is 18.6 Å². The number of nitriles is 1. The predicted octanol–water partition coefficient (Wildman–Crippen LogP) is 3.08. The van der Waals surface area contributed by atoms with E-state index in [1.54, 1.807) is 16.7 Å². The summed E-state index contributed by atoms with van der Waals surface area (Å²) in [5, 5.41) is 15.7. The summed E-state index contributed by atoms with van der Waals surface area (Å²) >= 11 is 0. The molecule has 1 amide bonds. The first kappa shape index (κ1) is 24.1. The topological polar surface area (TPSA) is 104 Å². The van der Waals surface area contributed by atoms with E-state index in [0.29, 0.717) is 23.3 Å². The van der Waals surface area contributed by atoms with Crippen molar-refractivity contribution < 1.29 is 18.0 Å². The van der Waals surface area contributed by atoms with Crippen LogP contribution in [0.4, 0.5) is 13.2 Å². The molecule has 0 saturated carbocycles. The molecule has 0 bridgehead atoms.